The lowest BCUT2D eigenvalue weighted by atomic mass is 10.4. The largest absolute Gasteiger partial charge is 0.378 e. The molecule has 0 fully saturated rings. The number of hydrogen-bond donors (Lipinski definition) is 1. The van der Waals surface area contributed by atoms with Gasteiger partial charge in [-0.15, -0.1) is 0 Å². The summed E-state index contributed by atoms with van der Waals surface area (Å²) in [6.45, 7) is 4.38. The summed E-state index contributed by atoms with van der Waals surface area (Å²) in [5.41, 5.74) is 7.00. The molecule has 0 saturated heterocycles. The Balaban J connectivity index is 2.18. The van der Waals surface area contributed by atoms with Crippen molar-refractivity contribution in [3.05, 3.63) is 23.1 Å². The fraction of sp³-hybridized carbons (Fsp3) is 0.455. The zero-order valence-corrected chi connectivity index (χ0v) is 10.4. The number of halogens is 1. The molecular weight excluding hydrogens is 240 g/mol. The molecule has 5 nitrogen and oxygen atoms in total. The second kappa shape index (κ2) is 5.44. The molecule has 17 heavy (non-hydrogen) atoms. The predicted molar refractivity (Wildman–Crippen MR) is 67.1 cm³/mol. The zero-order valence-electron chi connectivity index (χ0n) is 9.69. The van der Waals surface area contributed by atoms with E-state index in [-0.39, 0.29) is 0 Å². The van der Waals surface area contributed by atoms with Gasteiger partial charge in [0.15, 0.2) is 5.65 Å². The lowest BCUT2D eigenvalue weighted by molar-refractivity contribution is 0.133. The first-order chi connectivity index (χ1) is 8.22. The van der Waals surface area contributed by atoms with Gasteiger partial charge in [0.25, 0.3) is 0 Å². The van der Waals surface area contributed by atoms with Gasteiger partial charge in [-0.2, -0.15) is 0 Å². The summed E-state index contributed by atoms with van der Waals surface area (Å²) in [4.78, 5) is 8.70. The maximum atomic E-state index is 5.88. The number of aromatic nitrogens is 3. The number of hydrogen-bond acceptors (Lipinski definition) is 4. The predicted octanol–water partition coefficient (Wildman–Crippen LogP) is 1.37. The van der Waals surface area contributed by atoms with Gasteiger partial charge in [-0.05, 0) is 13.0 Å². The summed E-state index contributed by atoms with van der Waals surface area (Å²) in [5, 5.41) is 0.599. The Bertz CT molecular complexity index is 511. The molecule has 0 aliphatic rings. The molecule has 0 aromatic carbocycles. The van der Waals surface area contributed by atoms with Crippen LogP contribution in [0.15, 0.2) is 12.3 Å². The van der Waals surface area contributed by atoms with Gasteiger partial charge in [0.05, 0.1) is 18.2 Å². The van der Waals surface area contributed by atoms with E-state index in [1.165, 1.54) is 0 Å². The highest BCUT2D eigenvalue weighted by molar-refractivity contribution is 6.31. The summed E-state index contributed by atoms with van der Waals surface area (Å²) in [7, 11) is 0. The number of aryl methyl sites for hydroxylation is 1. The van der Waals surface area contributed by atoms with Crippen molar-refractivity contribution in [2.75, 3.05) is 19.8 Å². The van der Waals surface area contributed by atoms with Crippen LogP contribution < -0.4 is 5.73 Å². The number of nitrogens with two attached hydrogens (primary N) is 1. The van der Waals surface area contributed by atoms with Gasteiger partial charge >= 0.3 is 0 Å². The molecular formula is C11H15ClN4O. The summed E-state index contributed by atoms with van der Waals surface area (Å²) in [6.07, 6.45) is 1.63. The van der Waals surface area contributed by atoms with Gasteiger partial charge in [0.1, 0.15) is 11.3 Å². The van der Waals surface area contributed by atoms with Gasteiger partial charge in [-0.3, -0.25) is 0 Å². The minimum atomic E-state index is 0.539. The van der Waals surface area contributed by atoms with E-state index < -0.39 is 0 Å². The Morgan fingerprint density at radius 1 is 1.47 bits per heavy atom. The van der Waals surface area contributed by atoms with Crippen LogP contribution in [0.1, 0.15) is 5.82 Å². The van der Waals surface area contributed by atoms with Gasteiger partial charge in [-0.25, -0.2) is 9.97 Å². The summed E-state index contributed by atoms with van der Waals surface area (Å²) in [6, 6.07) is 1.81. The van der Waals surface area contributed by atoms with E-state index in [1.807, 2.05) is 17.6 Å². The molecule has 0 saturated carbocycles. The van der Waals surface area contributed by atoms with Crippen LogP contribution in [0.25, 0.3) is 11.2 Å². The molecule has 92 valence electrons. The molecule has 0 amide bonds. The second-order valence-corrected chi connectivity index (χ2v) is 4.14. The Labute approximate surface area is 105 Å². The van der Waals surface area contributed by atoms with Crippen LogP contribution in [0.4, 0.5) is 0 Å². The molecule has 2 heterocycles. The van der Waals surface area contributed by atoms with Crippen molar-refractivity contribution in [1.82, 2.24) is 14.5 Å². The van der Waals surface area contributed by atoms with Crippen LogP contribution in [0.2, 0.25) is 5.02 Å². The van der Waals surface area contributed by atoms with Crippen molar-refractivity contribution >= 4 is 22.8 Å². The topological polar surface area (TPSA) is 66.0 Å². The van der Waals surface area contributed by atoms with E-state index in [0.29, 0.717) is 24.8 Å². The van der Waals surface area contributed by atoms with Crippen molar-refractivity contribution in [3.63, 3.8) is 0 Å². The van der Waals surface area contributed by atoms with Crippen LogP contribution in [0, 0.1) is 6.92 Å². The van der Waals surface area contributed by atoms with Crippen LogP contribution in [-0.2, 0) is 11.3 Å². The fourth-order valence-electron chi connectivity index (χ4n) is 1.71. The maximum Gasteiger partial charge on any atom is 0.160 e. The lowest BCUT2D eigenvalue weighted by Crippen LogP contribution is -2.13. The van der Waals surface area contributed by atoms with Crippen molar-refractivity contribution in [1.29, 1.82) is 0 Å². The molecule has 0 atom stereocenters. The lowest BCUT2D eigenvalue weighted by Gasteiger charge is -2.06. The first-order valence-corrected chi connectivity index (χ1v) is 5.86. The van der Waals surface area contributed by atoms with Crippen molar-refractivity contribution in [2.45, 2.75) is 13.5 Å². The normalized spacial score (nSPS) is 11.2. The highest BCUT2D eigenvalue weighted by Gasteiger charge is 2.08. The van der Waals surface area contributed by atoms with E-state index in [4.69, 9.17) is 22.1 Å². The first-order valence-electron chi connectivity index (χ1n) is 5.48. The number of pyridine rings is 1. The monoisotopic (exact) mass is 254 g/mol. The molecule has 0 bridgehead atoms. The van der Waals surface area contributed by atoms with E-state index in [0.717, 1.165) is 23.5 Å². The van der Waals surface area contributed by atoms with Crippen LogP contribution >= 0.6 is 11.6 Å². The number of rotatable bonds is 5. The average Bonchev–Trinajstić information content (AvgIpc) is 2.60. The highest BCUT2D eigenvalue weighted by Crippen LogP contribution is 2.17. The van der Waals surface area contributed by atoms with Crippen LogP contribution in [-0.4, -0.2) is 34.3 Å². The molecule has 2 N–H and O–H groups in total. The highest BCUT2D eigenvalue weighted by atomic mass is 35.5. The summed E-state index contributed by atoms with van der Waals surface area (Å²) in [5.74, 6) is 0.908. The van der Waals surface area contributed by atoms with Gasteiger partial charge in [-0.1, -0.05) is 11.6 Å². The average molecular weight is 255 g/mol. The molecule has 2 aromatic heterocycles. The van der Waals surface area contributed by atoms with Gasteiger partial charge in [0.2, 0.25) is 0 Å². The third-order valence-corrected chi connectivity index (χ3v) is 2.67. The van der Waals surface area contributed by atoms with Gasteiger partial charge < -0.3 is 15.0 Å². The summed E-state index contributed by atoms with van der Waals surface area (Å²) < 4.78 is 7.37. The quantitative estimate of drug-likeness (QED) is 0.819. The number of nitrogens with zero attached hydrogens (tertiary/aromatic N) is 3. The molecule has 0 spiro atoms. The summed E-state index contributed by atoms with van der Waals surface area (Å²) >= 11 is 5.88. The molecule has 0 radical (unpaired) electrons. The standard InChI is InChI=1S/C11H15ClN4O/c1-8-15-10-6-9(12)7-14-11(10)16(8)3-5-17-4-2-13/h6-7H,2-5,13H2,1H3. The van der Waals surface area contributed by atoms with Crippen molar-refractivity contribution < 1.29 is 4.74 Å². The van der Waals surface area contributed by atoms with Crippen LogP contribution in [0.5, 0.6) is 0 Å². The van der Waals surface area contributed by atoms with E-state index in [1.54, 1.807) is 6.20 Å². The smallest absolute Gasteiger partial charge is 0.160 e. The van der Waals surface area contributed by atoms with Gasteiger partial charge in [0, 0.05) is 19.3 Å². The minimum absolute atomic E-state index is 0.539. The van der Waals surface area contributed by atoms with Crippen LogP contribution in [0.3, 0.4) is 0 Å². The fourth-order valence-corrected chi connectivity index (χ4v) is 1.86. The molecule has 2 rings (SSSR count). The Morgan fingerprint density at radius 3 is 3.06 bits per heavy atom. The molecule has 0 aliphatic heterocycles. The minimum Gasteiger partial charge on any atom is -0.378 e. The van der Waals surface area contributed by atoms with E-state index in [2.05, 4.69) is 9.97 Å². The number of imidazole rings is 1. The first kappa shape index (κ1) is 12.3. The van der Waals surface area contributed by atoms with E-state index in [9.17, 15) is 0 Å². The molecule has 2 aromatic rings. The van der Waals surface area contributed by atoms with E-state index >= 15 is 0 Å². The SMILES string of the molecule is Cc1nc2cc(Cl)cnc2n1CCOCCN. The third-order valence-electron chi connectivity index (χ3n) is 2.46. The number of ether oxygens (including phenoxy) is 1. The Morgan fingerprint density at radius 2 is 2.29 bits per heavy atom. The molecule has 0 unspecified atom stereocenters. The second-order valence-electron chi connectivity index (χ2n) is 3.71. The zero-order chi connectivity index (χ0) is 12.3. The Hall–Kier alpha value is -1.17. The number of fused-ring (bicyclic) bond motifs is 1. The van der Waals surface area contributed by atoms with Crippen molar-refractivity contribution in [3.8, 4) is 0 Å². The third kappa shape index (κ3) is 2.74. The Kier molecular flexibility index (Phi) is 3.93. The molecule has 6 heteroatoms. The van der Waals surface area contributed by atoms with Crippen molar-refractivity contribution in [2.24, 2.45) is 5.73 Å². The molecule has 0 aliphatic carbocycles. The maximum absolute atomic E-state index is 5.88.